The summed E-state index contributed by atoms with van der Waals surface area (Å²) in [5.41, 5.74) is 3.88. The molecule has 0 saturated carbocycles. The standard InChI is InChI=1S/C24H22Cl3N3O/c1-16-2-9-20(10-3-16)28-24(31)29-12-13-30(22-11-8-19(26)14-21(22)27)23(15-29)17-4-6-18(25)7-5-17/h2-11,14,23H,12-13,15H2,1H3,(H,28,31). The lowest BCUT2D eigenvalue weighted by atomic mass is 10.0. The highest BCUT2D eigenvalue weighted by molar-refractivity contribution is 6.36. The highest BCUT2D eigenvalue weighted by atomic mass is 35.5. The van der Waals surface area contributed by atoms with E-state index in [0.717, 1.165) is 22.5 Å². The maximum Gasteiger partial charge on any atom is 0.321 e. The summed E-state index contributed by atoms with van der Waals surface area (Å²) < 4.78 is 0. The van der Waals surface area contributed by atoms with Crippen LogP contribution in [0.25, 0.3) is 0 Å². The second kappa shape index (κ2) is 9.39. The van der Waals surface area contributed by atoms with Crippen LogP contribution < -0.4 is 10.2 Å². The smallest absolute Gasteiger partial charge is 0.321 e. The number of anilines is 2. The molecular formula is C24H22Cl3N3O. The molecule has 1 N–H and O–H groups in total. The van der Waals surface area contributed by atoms with Crippen molar-refractivity contribution in [3.8, 4) is 0 Å². The van der Waals surface area contributed by atoms with Crippen LogP contribution >= 0.6 is 34.8 Å². The molecule has 1 atom stereocenters. The molecule has 1 unspecified atom stereocenters. The van der Waals surface area contributed by atoms with E-state index in [1.54, 1.807) is 6.07 Å². The predicted molar refractivity (Wildman–Crippen MR) is 130 cm³/mol. The monoisotopic (exact) mass is 473 g/mol. The summed E-state index contributed by atoms with van der Waals surface area (Å²) in [5.74, 6) is 0. The van der Waals surface area contributed by atoms with Gasteiger partial charge in [-0.15, -0.1) is 0 Å². The lowest BCUT2D eigenvalue weighted by Gasteiger charge is -2.43. The number of piperazine rings is 1. The zero-order valence-corrected chi connectivity index (χ0v) is 19.3. The van der Waals surface area contributed by atoms with Gasteiger partial charge in [-0.05, 0) is 55.0 Å². The molecule has 1 aliphatic rings. The molecular weight excluding hydrogens is 453 g/mol. The molecule has 7 heteroatoms. The Morgan fingerprint density at radius 3 is 2.26 bits per heavy atom. The molecule has 0 aromatic heterocycles. The lowest BCUT2D eigenvalue weighted by molar-refractivity contribution is 0.198. The van der Waals surface area contributed by atoms with Gasteiger partial charge >= 0.3 is 6.03 Å². The molecule has 3 aromatic rings. The van der Waals surface area contributed by atoms with E-state index in [2.05, 4.69) is 10.2 Å². The summed E-state index contributed by atoms with van der Waals surface area (Å²) in [7, 11) is 0. The number of benzene rings is 3. The number of carbonyl (C=O) groups excluding carboxylic acids is 1. The fraction of sp³-hybridized carbons (Fsp3) is 0.208. The minimum atomic E-state index is -0.121. The fourth-order valence-electron chi connectivity index (χ4n) is 3.78. The Morgan fingerprint density at radius 1 is 0.903 bits per heavy atom. The van der Waals surface area contributed by atoms with Gasteiger partial charge in [-0.3, -0.25) is 0 Å². The highest BCUT2D eigenvalue weighted by Gasteiger charge is 2.32. The second-order valence-electron chi connectivity index (χ2n) is 7.60. The molecule has 1 aliphatic heterocycles. The van der Waals surface area contributed by atoms with Gasteiger partial charge in [0.05, 0.1) is 16.8 Å². The number of nitrogens with zero attached hydrogens (tertiary/aromatic N) is 2. The largest absolute Gasteiger partial charge is 0.360 e. The van der Waals surface area contributed by atoms with Crippen molar-refractivity contribution >= 4 is 52.2 Å². The first kappa shape index (κ1) is 21.8. The molecule has 0 aliphatic carbocycles. The van der Waals surface area contributed by atoms with Crippen LogP contribution in [-0.2, 0) is 0 Å². The molecule has 4 nitrogen and oxygen atoms in total. The molecule has 160 valence electrons. The number of amides is 2. The third-order valence-corrected chi connectivity index (χ3v) is 6.23. The van der Waals surface area contributed by atoms with Crippen LogP contribution in [0.4, 0.5) is 16.2 Å². The number of nitrogens with one attached hydrogen (secondary N) is 1. The van der Waals surface area contributed by atoms with E-state index in [-0.39, 0.29) is 12.1 Å². The van der Waals surface area contributed by atoms with Crippen LogP contribution in [0.5, 0.6) is 0 Å². The zero-order valence-electron chi connectivity index (χ0n) is 17.0. The Labute approximate surface area is 197 Å². The van der Waals surface area contributed by atoms with Crippen molar-refractivity contribution in [1.29, 1.82) is 0 Å². The maximum atomic E-state index is 13.0. The van der Waals surface area contributed by atoms with Crippen molar-refractivity contribution in [1.82, 2.24) is 4.90 Å². The number of hydrogen-bond donors (Lipinski definition) is 1. The Balaban J connectivity index is 1.59. The summed E-state index contributed by atoms with van der Waals surface area (Å²) >= 11 is 18.7. The first-order valence-electron chi connectivity index (χ1n) is 10.0. The minimum Gasteiger partial charge on any atom is -0.360 e. The zero-order chi connectivity index (χ0) is 22.0. The SMILES string of the molecule is Cc1ccc(NC(=O)N2CCN(c3ccc(Cl)cc3Cl)C(c3ccc(Cl)cc3)C2)cc1. The van der Waals surface area contributed by atoms with E-state index in [4.69, 9.17) is 34.8 Å². The molecule has 0 spiro atoms. The number of hydrogen-bond acceptors (Lipinski definition) is 2. The maximum absolute atomic E-state index is 13.0. The first-order chi connectivity index (χ1) is 14.9. The van der Waals surface area contributed by atoms with Gasteiger partial charge in [0.2, 0.25) is 0 Å². The molecule has 0 bridgehead atoms. The fourth-order valence-corrected chi connectivity index (χ4v) is 4.42. The predicted octanol–water partition coefficient (Wildman–Crippen LogP) is 7.05. The summed E-state index contributed by atoms with van der Waals surface area (Å²) in [6.07, 6.45) is 0. The van der Waals surface area contributed by atoms with Crippen LogP contribution in [0, 0.1) is 6.92 Å². The van der Waals surface area contributed by atoms with Crippen LogP contribution in [-0.4, -0.2) is 30.6 Å². The molecule has 1 heterocycles. The third kappa shape index (κ3) is 5.09. The minimum absolute atomic E-state index is 0.0755. The van der Waals surface area contributed by atoms with Crippen LogP contribution in [0.1, 0.15) is 17.2 Å². The van der Waals surface area contributed by atoms with Crippen molar-refractivity contribution in [2.45, 2.75) is 13.0 Å². The van der Waals surface area contributed by atoms with Crippen LogP contribution in [0.3, 0.4) is 0 Å². The number of halogens is 3. The topological polar surface area (TPSA) is 35.6 Å². The number of rotatable bonds is 3. The van der Waals surface area contributed by atoms with Gasteiger partial charge in [0.1, 0.15) is 0 Å². The van der Waals surface area contributed by atoms with Crippen molar-refractivity contribution in [2.24, 2.45) is 0 Å². The van der Waals surface area contributed by atoms with Gasteiger partial charge in [0.15, 0.2) is 0 Å². The van der Waals surface area contributed by atoms with Gasteiger partial charge in [-0.1, -0.05) is 64.6 Å². The van der Waals surface area contributed by atoms with Crippen molar-refractivity contribution in [3.05, 3.63) is 92.9 Å². The molecule has 31 heavy (non-hydrogen) atoms. The molecule has 1 saturated heterocycles. The van der Waals surface area contributed by atoms with Crippen molar-refractivity contribution in [3.63, 3.8) is 0 Å². The first-order valence-corrected chi connectivity index (χ1v) is 11.1. The quantitative estimate of drug-likeness (QED) is 0.441. The normalized spacial score (nSPS) is 16.3. The van der Waals surface area contributed by atoms with Gasteiger partial charge in [-0.2, -0.15) is 0 Å². The number of urea groups is 1. The lowest BCUT2D eigenvalue weighted by Crippen LogP contribution is -2.51. The van der Waals surface area contributed by atoms with Crippen LogP contribution in [0.2, 0.25) is 15.1 Å². The van der Waals surface area contributed by atoms with E-state index in [1.807, 2.05) is 72.5 Å². The molecule has 1 fully saturated rings. The molecule has 0 radical (unpaired) electrons. The van der Waals surface area contributed by atoms with Gasteiger partial charge in [-0.25, -0.2) is 4.79 Å². The van der Waals surface area contributed by atoms with Gasteiger partial charge in [0.25, 0.3) is 0 Å². The molecule has 2 amide bonds. The molecule has 4 rings (SSSR count). The Bertz CT molecular complexity index is 1070. The van der Waals surface area contributed by atoms with E-state index in [1.165, 1.54) is 0 Å². The van der Waals surface area contributed by atoms with E-state index in [0.29, 0.717) is 34.7 Å². The Kier molecular flexibility index (Phi) is 6.61. The summed E-state index contributed by atoms with van der Waals surface area (Å²) in [4.78, 5) is 17.0. The Hall–Kier alpha value is -2.40. The summed E-state index contributed by atoms with van der Waals surface area (Å²) in [6, 6.07) is 20.8. The summed E-state index contributed by atoms with van der Waals surface area (Å²) in [6.45, 7) is 3.73. The van der Waals surface area contributed by atoms with E-state index >= 15 is 0 Å². The third-order valence-electron chi connectivity index (χ3n) is 5.44. The summed E-state index contributed by atoms with van der Waals surface area (Å²) in [5, 5.41) is 4.85. The Morgan fingerprint density at radius 2 is 1.58 bits per heavy atom. The molecule has 3 aromatic carbocycles. The number of aryl methyl sites for hydroxylation is 1. The average molecular weight is 475 g/mol. The second-order valence-corrected chi connectivity index (χ2v) is 8.88. The van der Waals surface area contributed by atoms with E-state index in [9.17, 15) is 4.79 Å². The van der Waals surface area contributed by atoms with E-state index < -0.39 is 0 Å². The average Bonchev–Trinajstić information content (AvgIpc) is 2.76. The van der Waals surface area contributed by atoms with Gasteiger partial charge in [0, 0.05) is 35.4 Å². The van der Waals surface area contributed by atoms with Crippen LogP contribution in [0.15, 0.2) is 66.7 Å². The van der Waals surface area contributed by atoms with Gasteiger partial charge < -0.3 is 15.1 Å². The van der Waals surface area contributed by atoms with Crippen molar-refractivity contribution < 1.29 is 4.79 Å². The van der Waals surface area contributed by atoms with Crippen molar-refractivity contribution in [2.75, 3.05) is 29.9 Å². The number of carbonyl (C=O) groups is 1. The highest BCUT2D eigenvalue weighted by Crippen LogP contribution is 2.37.